The minimum absolute atomic E-state index is 0.115. The first kappa shape index (κ1) is 10.5. The van der Waals surface area contributed by atoms with Crippen LogP contribution in [0, 0.1) is 0 Å². The second-order valence-corrected chi connectivity index (χ2v) is 3.44. The summed E-state index contributed by atoms with van der Waals surface area (Å²) in [4.78, 5) is 11.4. The van der Waals surface area contributed by atoms with Crippen LogP contribution in [-0.4, -0.2) is 21.7 Å². The number of hydrogen-bond acceptors (Lipinski definition) is 2. The highest BCUT2D eigenvalue weighted by atomic mass is 16.1. The molecule has 0 bridgehead atoms. The van der Waals surface area contributed by atoms with Crippen LogP contribution in [0.25, 0.3) is 0 Å². The Bertz CT molecular complexity index is 314. The third kappa shape index (κ3) is 3.05. The van der Waals surface area contributed by atoms with Crippen LogP contribution in [0.1, 0.15) is 13.8 Å². The molecule has 1 aromatic heterocycles. The molecule has 0 aliphatic rings. The predicted octanol–water partition coefficient (Wildman–Crippen LogP) is 0.964. The SMILES string of the molecule is C=C(Cn1cccn1)C(=O)NC(C)C. The number of carbonyl (C=O) groups is 1. The van der Waals surface area contributed by atoms with Gasteiger partial charge in [0.05, 0.1) is 6.54 Å². The van der Waals surface area contributed by atoms with Crippen LogP contribution in [0.4, 0.5) is 0 Å². The first-order valence-corrected chi connectivity index (χ1v) is 4.55. The molecule has 0 spiro atoms. The molecule has 0 unspecified atom stereocenters. The molecule has 1 aromatic rings. The van der Waals surface area contributed by atoms with Crippen LogP contribution < -0.4 is 5.32 Å². The van der Waals surface area contributed by atoms with E-state index < -0.39 is 0 Å². The van der Waals surface area contributed by atoms with Gasteiger partial charge >= 0.3 is 0 Å². The molecule has 1 amide bonds. The van der Waals surface area contributed by atoms with E-state index in [-0.39, 0.29) is 11.9 Å². The van der Waals surface area contributed by atoms with Crippen LogP contribution in [0.2, 0.25) is 0 Å². The maximum absolute atomic E-state index is 11.4. The third-order valence-electron chi connectivity index (χ3n) is 1.65. The van der Waals surface area contributed by atoms with Crippen molar-refractivity contribution in [3.63, 3.8) is 0 Å². The van der Waals surface area contributed by atoms with Crippen molar-refractivity contribution in [3.05, 3.63) is 30.6 Å². The van der Waals surface area contributed by atoms with Crippen LogP contribution in [-0.2, 0) is 11.3 Å². The predicted molar refractivity (Wildman–Crippen MR) is 54.6 cm³/mol. The molecule has 0 saturated heterocycles. The van der Waals surface area contributed by atoms with Crippen LogP contribution >= 0.6 is 0 Å². The van der Waals surface area contributed by atoms with Gasteiger partial charge in [-0.2, -0.15) is 5.10 Å². The van der Waals surface area contributed by atoms with Gasteiger partial charge in [-0.3, -0.25) is 9.48 Å². The lowest BCUT2D eigenvalue weighted by Gasteiger charge is -2.10. The lowest BCUT2D eigenvalue weighted by atomic mass is 10.2. The molecular weight excluding hydrogens is 178 g/mol. The molecule has 0 saturated carbocycles. The highest BCUT2D eigenvalue weighted by Gasteiger charge is 2.08. The number of aromatic nitrogens is 2. The Labute approximate surface area is 83.6 Å². The molecule has 0 aliphatic carbocycles. The monoisotopic (exact) mass is 193 g/mol. The normalized spacial score (nSPS) is 10.2. The maximum atomic E-state index is 11.4. The molecule has 0 radical (unpaired) electrons. The van der Waals surface area contributed by atoms with E-state index in [0.717, 1.165) is 0 Å². The number of hydrogen-bond donors (Lipinski definition) is 1. The molecule has 0 atom stereocenters. The fraction of sp³-hybridized carbons (Fsp3) is 0.400. The number of nitrogens with zero attached hydrogens (tertiary/aromatic N) is 2. The van der Waals surface area contributed by atoms with Crippen molar-refractivity contribution in [3.8, 4) is 0 Å². The smallest absolute Gasteiger partial charge is 0.248 e. The zero-order valence-electron chi connectivity index (χ0n) is 8.53. The van der Waals surface area contributed by atoms with Gasteiger partial charge < -0.3 is 5.32 Å². The fourth-order valence-corrected chi connectivity index (χ4v) is 1.03. The third-order valence-corrected chi connectivity index (χ3v) is 1.65. The molecule has 0 aliphatic heterocycles. The molecule has 4 heteroatoms. The lowest BCUT2D eigenvalue weighted by Crippen LogP contribution is -2.32. The van der Waals surface area contributed by atoms with E-state index in [0.29, 0.717) is 12.1 Å². The van der Waals surface area contributed by atoms with Gasteiger partial charge in [-0.05, 0) is 19.9 Å². The summed E-state index contributed by atoms with van der Waals surface area (Å²) in [5.41, 5.74) is 0.516. The Morgan fingerprint density at radius 1 is 1.64 bits per heavy atom. The van der Waals surface area contributed by atoms with E-state index in [2.05, 4.69) is 17.0 Å². The summed E-state index contributed by atoms with van der Waals surface area (Å²) in [7, 11) is 0. The molecule has 14 heavy (non-hydrogen) atoms. The van der Waals surface area contributed by atoms with E-state index in [1.54, 1.807) is 17.1 Å². The van der Waals surface area contributed by atoms with E-state index in [4.69, 9.17) is 0 Å². The number of carbonyl (C=O) groups excluding carboxylic acids is 1. The van der Waals surface area contributed by atoms with Crippen molar-refractivity contribution in [2.45, 2.75) is 26.4 Å². The molecule has 0 aromatic carbocycles. The van der Waals surface area contributed by atoms with E-state index >= 15 is 0 Å². The Kier molecular flexibility index (Phi) is 3.45. The fourth-order valence-electron chi connectivity index (χ4n) is 1.03. The summed E-state index contributed by atoms with van der Waals surface area (Å²) in [5.74, 6) is -0.115. The van der Waals surface area contributed by atoms with Gasteiger partial charge in [-0.25, -0.2) is 0 Å². The summed E-state index contributed by atoms with van der Waals surface area (Å²) in [5, 5.41) is 6.77. The molecular formula is C10H15N3O. The molecule has 1 heterocycles. The van der Waals surface area contributed by atoms with Crippen LogP contribution in [0.3, 0.4) is 0 Å². The Hall–Kier alpha value is -1.58. The first-order valence-electron chi connectivity index (χ1n) is 4.55. The van der Waals surface area contributed by atoms with E-state index in [1.807, 2.05) is 19.9 Å². The van der Waals surface area contributed by atoms with Crippen molar-refractivity contribution in [1.29, 1.82) is 0 Å². The van der Waals surface area contributed by atoms with Crippen LogP contribution in [0.5, 0.6) is 0 Å². The lowest BCUT2D eigenvalue weighted by molar-refractivity contribution is -0.118. The van der Waals surface area contributed by atoms with Gasteiger partial charge in [0.25, 0.3) is 0 Å². The second kappa shape index (κ2) is 4.60. The van der Waals surface area contributed by atoms with E-state index in [1.165, 1.54) is 0 Å². The first-order chi connectivity index (χ1) is 6.59. The highest BCUT2D eigenvalue weighted by molar-refractivity contribution is 5.92. The minimum Gasteiger partial charge on any atom is -0.350 e. The minimum atomic E-state index is -0.115. The number of nitrogens with one attached hydrogen (secondary N) is 1. The highest BCUT2D eigenvalue weighted by Crippen LogP contribution is 1.96. The average Bonchev–Trinajstić information content (AvgIpc) is 2.55. The van der Waals surface area contributed by atoms with Crippen molar-refractivity contribution < 1.29 is 4.79 Å². The van der Waals surface area contributed by atoms with E-state index in [9.17, 15) is 4.79 Å². The molecule has 0 fully saturated rings. The van der Waals surface area contributed by atoms with Gasteiger partial charge in [-0.1, -0.05) is 6.58 Å². The van der Waals surface area contributed by atoms with Gasteiger partial charge in [0, 0.05) is 24.0 Å². The largest absolute Gasteiger partial charge is 0.350 e. The zero-order valence-corrected chi connectivity index (χ0v) is 8.53. The van der Waals surface area contributed by atoms with Crippen molar-refractivity contribution in [2.24, 2.45) is 0 Å². The summed E-state index contributed by atoms with van der Waals surface area (Å²) >= 11 is 0. The van der Waals surface area contributed by atoms with Gasteiger partial charge in [0.1, 0.15) is 0 Å². The molecule has 1 N–H and O–H groups in total. The standard InChI is InChI=1S/C10H15N3O/c1-8(2)12-10(14)9(3)7-13-6-4-5-11-13/h4-6,8H,3,7H2,1-2H3,(H,12,14). The van der Waals surface area contributed by atoms with Crippen molar-refractivity contribution in [2.75, 3.05) is 0 Å². The average molecular weight is 193 g/mol. The maximum Gasteiger partial charge on any atom is 0.248 e. The summed E-state index contributed by atoms with van der Waals surface area (Å²) in [6.07, 6.45) is 3.47. The quantitative estimate of drug-likeness (QED) is 0.724. The zero-order chi connectivity index (χ0) is 10.6. The molecule has 4 nitrogen and oxygen atoms in total. The summed E-state index contributed by atoms with van der Waals surface area (Å²) in [6.45, 7) is 7.98. The molecule has 1 rings (SSSR count). The summed E-state index contributed by atoms with van der Waals surface area (Å²) in [6, 6.07) is 1.95. The Morgan fingerprint density at radius 3 is 2.86 bits per heavy atom. The van der Waals surface area contributed by atoms with Gasteiger partial charge in [0.15, 0.2) is 0 Å². The van der Waals surface area contributed by atoms with Crippen molar-refractivity contribution >= 4 is 5.91 Å². The van der Waals surface area contributed by atoms with Crippen LogP contribution in [0.15, 0.2) is 30.6 Å². The topological polar surface area (TPSA) is 46.9 Å². The number of amides is 1. The van der Waals surface area contributed by atoms with Crippen molar-refractivity contribution in [1.82, 2.24) is 15.1 Å². The molecule has 76 valence electrons. The Balaban J connectivity index is 2.46. The van der Waals surface area contributed by atoms with Gasteiger partial charge in [-0.15, -0.1) is 0 Å². The summed E-state index contributed by atoms with van der Waals surface area (Å²) < 4.78 is 1.67. The second-order valence-electron chi connectivity index (χ2n) is 3.44. The van der Waals surface area contributed by atoms with Gasteiger partial charge in [0.2, 0.25) is 5.91 Å². The Morgan fingerprint density at radius 2 is 2.36 bits per heavy atom. The number of rotatable bonds is 4.